The average molecular weight is 340 g/mol. The molecule has 0 saturated carbocycles. The van der Waals surface area contributed by atoms with Gasteiger partial charge in [-0.05, 0) is 20.8 Å². The lowest BCUT2D eigenvalue weighted by Gasteiger charge is -2.14. The molecule has 1 N–H and O–H groups in total. The summed E-state index contributed by atoms with van der Waals surface area (Å²) in [7, 11) is 1.34. The number of nitro benzene ring substituents is 1. The predicted molar refractivity (Wildman–Crippen MR) is 84.4 cm³/mol. The quantitative estimate of drug-likeness (QED) is 0.434. The number of carbonyl (C=O) groups excluding carboxylic acids is 2. The van der Waals surface area contributed by atoms with E-state index in [1.54, 1.807) is 13.8 Å². The van der Waals surface area contributed by atoms with Crippen LogP contribution in [0.3, 0.4) is 0 Å². The average Bonchev–Trinajstić information content (AvgIpc) is 2.54. The summed E-state index contributed by atoms with van der Waals surface area (Å²) in [6.45, 7) is 5.44. The molecule has 132 valence electrons. The molecule has 1 aromatic rings. The maximum absolute atomic E-state index is 12.2. The van der Waals surface area contributed by atoms with Gasteiger partial charge in [0.05, 0.1) is 24.7 Å². The molecule has 0 aliphatic heterocycles. The highest BCUT2D eigenvalue weighted by Gasteiger charge is 2.28. The van der Waals surface area contributed by atoms with Crippen molar-refractivity contribution in [2.45, 2.75) is 26.9 Å². The van der Waals surface area contributed by atoms with Gasteiger partial charge in [0, 0.05) is 12.6 Å². The zero-order valence-electron chi connectivity index (χ0n) is 14.0. The van der Waals surface area contributed by atoms with Crippen molar-refractivity contribution in [2.75, 3.05) is 20.3 Å². The number of benzene rings is 1. The predicted octanol–water partition coefficient (Wildman–Crippen LogP) is 1.68. The van der Waals surface area contributed by atoms with Crippen molar-refractivity contribution in [3.8, 4) is 11.5 Å². The Morgan fingerprint density at radius 2 is 1.96 bits per heavy atom. The summed E-state index contributed by atoms with van der Waals surface area (Å²) in [5.41, 5.74) is -0.816. The number of methoxy groups -OCH3 is 1. The molecule has 0 fully saturated rings. The van der Waals surface area contributed by atoms with Crippen molar-refractivity contribution in [3.63, 3.8) is 0 Å². The van der Waals surface area contributed by atoms with E-state index in [4.69, 9.17) is 14.2 Å². The van der Waals surface area contributed by atoms with Crippen LogP contribution in [0.1, 0.15) is 31.1 Å². The SMILES string of the molecule is CCNC(=O)C(C)OC(=O)c1cc(OC)c(OCC)cc1[N+](=O)[O-]. The zero-order chi connectivity index (χ0) is 18.3. The van der Waals surface area contributed by atoms with Gasteiger partial charge in [-0.2, -0.15) is 0 Å². The molecular weight excluding hydrogens is 320 g/mol. The maximum Gasteiger partial charge on any atom is 0.346 e. The number of carbonyl (C=O) groups is 2. The van der Waals surface area contributed by atoms with Crippen molar-refractivity contribution in [1.82, 2.24) is 5.32 Å². The van der Waals surface area contributed by atoms with Crippen LogP contribution < -0.4 is 14.8 Å². The van der Waals surface area contributed by atoms with Crippen LogP contribution in [0.25, 0.3) is 0 Å². The standard InChI is InChI=1S/C15H20N2O7/c1-5-16-14(18)9(3)24-15(19)10-7-12(22-4)13(23-6-2)8-11(10)17(20)21/h7-9H,5-6H2,1-4H3,(H,16,18). The molecule has 0 radical (unpaired) electrons. The van der Waals surface area contributed by atoms with E-state index < -0.39 is 28.6 Å². The number of nitrogens with zero attached hydrogens (tertiary/aromatic N) is 1. The van der Waals surface area contributed by atoms with Gasteiger partial charge in [-0.3, -0.25) is 14.9 Å². The van der Waals surface area contributed by atoms with Crippen LogP contribution in [-0.2, 0) is 9.53 Å². The molecule has 0 spiro atoms. The second-order valence-electron chi connectivity index (χ2n) is 4.65. The summed E-state index contributed by atoms with van der Waals surface area (Å²) in [5, 5.41) is 13.7. The third-order valence-corrected chi connectivity index (χ3v) is 3.00. The fraction of sp³-hybridized carbons (Fsp3) is 0.467. The number of rotatable bonds is 8. The highest BCUT2D eigenvalue weighted by atomic mass is 16.6. The van der Waals surface area contributed by atoms with Gasteiger partial charge >= 0.3 is 5.97 Å². The molecule has 0 saturated heterocycles. The second-order valence-corrected chi connectivity index (χ2v) is 4.65. The third-order valence-electron chi connectivity index (χ3n) is 3.00. The first kappa shape index (κ1) is 19.2. The molecule has 1 amide bonds. The molecule has 0 heterocycles. The minimum atomic E-state index is -1.09. The van der Waals surface area contributed by atoms with E-state index in [0.29, 0.717) is 6.54 Å². The molecule has 1 atom stereocenters. The van der Waals surface area contributed by atoms with Gasteiger partial charge in [0.2, 0.25) is 0 Å². The fourth-order valence-electron chi connectivity index (χ4n) is 1.89. The second kappa shape index (κ2) is 8.70. The van der Waals surface area contributed by atoms with Gasteiger partial charge in [-0.15, -0.1) is 0 Å². The Hall–Kier alpha value is -2.84. The van der Waals surface area contributed by atoms with Crippen LogP contribution >= 0.6 is 0 Å². The molecule has 0 bridgehead atoms. The molecule has 0 aliphatic carbocycles. The number of likely N-dealkylation sites (N-methyl/N-ethyl adjacent to an activating group) is 1. The summed E-state index contributed by atoms with van der Waals surface area (Å²) in [4.78, 5) is 34.3. The van der Waals surface area contributed by atoms with Gasteiger partial charge in [0.15, 0.2) is 17.6 Å². The highest BCUT2D eigenvalue weighted by molar-refractivity contribution is 5.96. The molecular formula is C15H20N2O7. The molecule has 24 heavy (non-hydrogen) atoms. The van der Waals surface area contributed by atoms with E-state index in [1.807, 2.05) is 0 Å². The van der Waals surface area contributed by atoms with Crippen LogP contribution in [0.4, 0.5) is 5.69 Å². The summed E-state index contributed by atoms with van der Waals surface area (Å²) < 4.78 is 15.3. The summed E-state index contributed by atoms with van der Waals surface area (Å²) in [5.74, 6) is -1.20. The number of esters is 1. The van der Waals surface area contributed by atoms with Crippen LogP contribution in [0.2, 0.25) is 0 Å². The number of amides is 1. The molecule has 9 heteroatoms. The first-order valence-corrected chi connectivity index (χ1v) is 7.33. The van der Waals surface area contributed by atoms with Gasteiger partial charge in [0.25, 0.3) is 11.6 Å². The monoisotopic (exact) mass is 340 g/mol. The molecule has 0 aliphatic rings. The summed E-state index contributed by atoms with van der Waals surface area (Å²) in [6.07, 6.45) is -1.09. The Bertz CT molecular complexity index is 630. The number of ether oxygens (including phenoxy) is 3. The number of nitro groups is 1. The largest absolute Gasteiger partial charge is 0.493 e. The summed E-state index contributed by atoms with van der Waals surface area (Å²) in [6, 6.07) is 2.26. The molecule has 9 nitrogen and oxygen atoms in total. The first-order valence-electron chi connectivity index (χ1n) is 7.33. The van der Waals surface area contributed by atoms with E-state index in [-0.39, 0.29) is 23.7 Å². The normalized spacial score (nSPS) is 11.3. The van der Waals surface area contributed by atoms with Crippen molar-refractivity contribution < 1.29 is 28.7 Å². The Morgan fingerprint density at radius 1 is 1.29 bits per heavy atom. The molecule has 1 unspecified atom stereocenters. The zero-order valence-corrected chi connectivity index (χ0v) is 14.0. The Morgan fingerprint density at radius 3 is 2.46 bits per heavy atom. The maximum atomic E-state index is 12.2. The van der Waals surface area contributed by atoms with E-state index >= 15 is 0 Å². The van der Waals surface area contributed by atoms with Crippen LogP contribution in [0, 0.1) is 10.1 Å². The van der Waals surface area contributed by atoms with E-state index in [1.165, 1.54) is 14.0 Å². The van der Waals surface area contributed by atoms with Crippen LogP contribution in [0.5, 0.6) is 11.5 Å². The Balaban J connectivity index is 3.18. The third kappa shape index (κ3) is 4.58. The molecule has 1 rings (SSSR count). The minimum Gasteiger partial charge on any atom is -0.493 e. The van der Waals surface area contributed by atoms with Crippen LogP contribution in [-0.4, -0.2) is 43.2 Å². The molecule has 0 aromatic heterocycles. The van der Waals surface area contributed by atoms with E-state index in [2.05, 4.69) is 5.32 Å². The lowest BCUT2D eigenvalue weighted by molar-refractivity contribution is -0.385. The van der Waals surface area contributed by atoms with E-state index in [0.717, 1.165) is 12.1 Å². The minimum absolute atomic E-state index is 0.139. The highest BCUT2D eigenvalue weighted by Crippen LogP contribution is 2.35. The lowest BCUT2D eigenvalue weighted by atomic mass is 10.1. The topological polar surface area (TPSA) is 117 Å². The lowest BCUT2D eigenvalue weighted by Crippen LogP contribution is -2.35. The van der Waals surface area contributed by atoms with Crippen molar-refractivity contribution in [3.05, 3.63) is 27.8 Å². The fourth-order valence-corrected chi connectivity index (χ4v) is 1.89. The number of hydrogen-bond acceptors (Lipinski definition) is 7. The van der Waals surface area contributed by atoms with Gasteiger partial charge < -0.3 is 19.5 Å². The first-order chi connectivity index (χ1) is 11.3. The van der Waals surface area contributed by atoms with Gasteiger partial charge in [0.1, 0.15) is 5.56 Å². The smallest absolute Gasteiger partial charge is 0.346 e. The Labute approximate surface area is 139 Å². The van der Waals surface area contributed by atoms with Crippen molar-refractivity contribution in [2.24, 2.45) is 0 Å². The van der Waals surface area contributed by atoms with Crippen molar-refractivity contribution in [1.29, 1.82) is 0 Å². The molecule has 1 aromatic carbocycles. The number of hydrogen-bond donors (Lipinski definition) is 1. The Kier molecular flexibility index (Phi) is 6.97. The van der Waals surface area contributed by atoms with Gasteiger partial charge in [-0.25, -0.2) is 4.79 Å². The van der Waals surface area contributed by atoms with Gasteiger partial charge in [-0.1, -0.05) is 0 Å². The summed E-state index contributed by atoms with van der Waals surface area (Å²) >= 11 is 0. The van der Waals surface area contributed by atoms with Crippen LogP contribution in [0.15, 0.2) is 12.1 Å². The van der Waals surface area contributed by atoms with Crippen molar-refractivity contribution >= 4 is 17.6 Å². The number of nitrogens with one attached hydrogen (secondary N) is 1. The van der Waals surface area contributed by atoms with E-state index in [9.17, 15) is 19.7 Å².